The molecule has 0 aliphatic carbocycles. The smallest absolute Gasteiger partial charge is 0.430 e. The lowest BCUT2D eigenvalue weighted by molar-refractivity contribution is -0.400. The molecule has 2 rings (SSSR count). The van der Waals surface area contributed by atoms with Gasteiger partial charge in [0.05, 0.1) is 0 Å². The Labute approximate surface area is 151 Å². The highest BCUT2D eigenvalue weighted by atomic mass is 19.4. The molecular weight excluding hydrogens is 378 g/mol. The predicted molar refractivity (Wildman–Crippen MR) is 84.1 cm³/mol. The molecule has 0 heterocycles. The molecule has 0 aliphatic rings. The van der Waals surface area contributed by atoms with Gasteiger partial charge in [0, 0.05) is 19.1 Å². The topological polar surface area (TPSA) is 38.7 Å². The van der Waals surface area contributed by atoms with Crippen LogP contribution in [-0.2, 0) is 21.5 Å². The van der Waals surface area contributed by atoms with Crippen molar-refractivity contribution in [3.63, 3.8) is 0 Å². The van der Waals surface area contributed by atoms with Crippen LogP contribution >= 0.6 is 0 Å². The Balaban J connectivity index is 2.60. The molecule has 1 N–H and O–H groups in total. The second-order valence-electron chi connectivity index (χ2n) is 5.73. The number of phenolic OH excluding ortho intramolecular Hbond substituents is 1. The van der Waals surface area contributed by atoms with E-state index in [9.17, 15) is 31.4 Å². The largest absolute Gasteiger partial charge is 0.508 e. The van der Waals surface area contributed by atoms with E-state index in [1.165, 1.54) is 0 Å². The minimum Gasteiger partial charge on any atom is -0.508 e. The van der Waals surface area contributed by atoms with Gasteiger partial charge in [-0.3, -0.25) is 0 Å². The first-order valence-electron chi connectivity index (χ1n) is 7.65. The molecule has 0 atom stereocenters. The molecule has 0 aromatic heterocycles. The van der Waals surface area contributed by atoms with Crippen LogP contribution in [0, 0.1) is 0 Å². The van der Waals surface area contributed by atoms with Gasteiger partial charge in [0.2, 0.25) is 0 Å². The molecule has 0 bridgehead atoms. The zero-order valence-corrected chi connectivity index (χ0v) is 14.1. The summed E-state index contributed by atoms with van der Waals surface area (Å²) in [5.41, 5.74) is -5.27. The Kier molecular flexibility index (Phi) is 6.06. The number of aromatic hydroxyl groups is 1. The highest BCUT2D eigenvalue weighted by Gasteiger charge is 2.73. The summed E-state index contributed by atoms with van der Waals surface area (Å²) in [6, 6.07) is 10.3. The first-order chi connectivity index (χ1) is 12.5. The van der Waals surface area contributed by atoms with Crippen LogP contribution in [0.15, 0.2) is 48.5 Å². The van der Waals surface area contributed by atoms with E-state index in [1.54, 1.807) is 30.3 Å². The summed E-state index contributed by atoms with van der Waals surface area (Å²) in [4.78, 5) is 0. The minimum absolute atomic E-state index is 0.0589. The van der Waals surface area contributed by atoms with E-state index in [0.29, 0.717) is 17.7 Å². The Bertz CT molecular complexity index is 742. The van der Waals surface area contributed by atoms with E-state index < -0.39 is 36.1 Å². The standard InChI is InChI=1S/C18H16F6O3/c1-26-11-27-16(17(19,20)21,18(22,23)24)14-7-8-15(25)13(10-14)9-12-5-3-2-4-6-12/h2-8,10,25H,9,11H2,1H3. The van der Waals surface area contributed by atoms with Gasteiger partial charge in [-0.25, -0.2) is 0 Å². The molecule has 2 aromatic rings. The Morgan fingerprint density at radius 2 is 1.48 bits per heavy atom. The second-order valence-corrected chi connectivity index (χ2v) is 5.73. The van der Waals surface area contributed by atoms with Crippen LogP contribution in [0.4, 0.5) is 26.3 Å². The number of hydrogen-bond donors (Lipinski definition) is 1. The third-order valence-corrected chi connectivity index (χ3v) is 3.92. The zero-order valence-electron chi connectivity index (χ0n) is 14.1. The molecular formula is C18H16F6O3. The summed E-state index contributed by atoms with van der Waals surface area (Å²) in [6.45, 7) is -1.23. The Morgan fingerprint density at radius 3 is 2.00 bits per heavy atom. The minimum atomic E-state index is -5.81. The molecule has 0 fully saturated rings. The van der Waals surface area contributed by atoms with Crippen molar-refractivity contribution >= 4 is 0 Å². The van der Waals surface area contributed by atoms with Crippen LogP contribution in [0.5, 0.6) is 5.75 Å². The van der Waals surface area contributed by atoms with Gasteiger partial charge in [-0.15, -0.1) is 0 Å². The summed E-state index contributed by atoms with van der Waals surface area (Å²) >= 11 is 0. The molecule has 0 saturated heterocycles. The van der Waals surface area contributed by atoms with Crippen LogP contribution in [-0.4, -0.2) is 31.4 Å². The van der Waals surface area contributed by atoms with Gasteiger partial charge in [0.15, 0.2) is 0 Å². The number of rotatable bonds is 6. The van der Waals surface area contributed by atoms with Gasteiger partial charge >= 0.3 is 12.4 Å². The van der Waals surface area contributed by atoms with Crippen molar-refractivity contribution in [1.29, 1.82) is 0 Å². The van der Waals surface area contributed by atoms with Crippen molar-refractivity contribution in [2.24, 2.45) is 0 Å². The molecule has 27 heavy (non-hydrogen) atoms. The summed E-state index contributed by atoms with van der Waals surface area (Å²) in [5, 5.41) is 9.92. The number of methoxy groups -OCH3 is 1. The molecule has 3 nitrogen and oxygen atoms in total. The van der Waals surface area contributed by atoms with Gasteiger partial charge in [0.1, 0.15) is 12.5 Å². The summed E-state index contributed by atoms with van der Waals surface area (Å²) in [7, 11) is 0.912. The Morgan fingerprint density at radius 1 is 0.889 bits per heavy atom. The first-order valence-corrected chi connectivity index (χ1v) is 7.65. The number of hydrogen-bond acceptors (Lipinski definition) is 3. The number of benzene rings is 2. The second kappa shape index (κ2) is 7.77. The summed E-state index contributed by atoms with van der Waals surface area (Å²) in [5.74, 6) is -0.424. The molecule has 9 heteroatoms. The maximum Gasteiger partial charge on any atom is 0.430 e. The fourth-order valence-corrected chi connectivity index (χ4v) is 2.64. The summed E-state index contributed by atoms with van der Waals surface area (Å²) in [6.07, 6.45) is -11.7. The van der Waals surface area contributed by atoms with Crippen LogP contribution in [0.2, 0.25) is 0 Å². The Hall–Kier alpha value is -2.26. The fourth-order valence-electron chi connectivity index (χ4n) is 2.64. The van der Waals surface area contributed by atoms with E-state index in [0.717, 1.165) is 13.2 Å². The van der Waals surface area contributed by atoms with Crippen molar-refractivity contribution in [3.05, 3.63) is 65.2 Å². The molecule has 0 radical (unpaired) electrons. The number of halogens is 6. The average Bonchev–Trinajstić information content (AvgIpc) is 2.56. The molecule has 0 aliphatic heterocycles. The monoisotopic (exact) mass is 394 g/mol. The van der Waals surface area contributed by atoms with Crippen molar-refractivity contribution in [2.75, 3.05) is 13.9 Å². The van der Waals surface area contributed by atoms with Crippen LogP contribution < -0.4 is 0 Å². The SMILES string of the molecule is COCOC(c1ccc(O)c(Cc2ccccc2)c1)(C(F)(F)F)C(F)(F)F. The molecule has 0 unspecified atom stereocenters. The zero-order chi connectivity index (χ0) is 20.3. The van der Waals surface area contributed by atoms with E-state index in [2.05, 4.69) is 9.47 Å². The van der Waals surface area contributed by atoms with Gasteiger partial charge in [-0.05, 0) is 23.3 Å². The molecule has 0 spiro atoms. The predicted octanol–water partition coefficient (Wildman–Crippen LogP) is 4.92. The summed E-state index contributed by atoms with van der Waals surface area (Å²) < 4.78 is 89.9. The number of ether oxygens (including phenoxy) is 2. The van der Waals surface area contributed by atoms with Crippen LogP contribution in [0.3, 0.4) is 0 Å². The highest BCUT2D eigenvalue weighted by Crippen LogP contribution is 2.53. The molecule has 0 saturated carbocycles. The fraction of sp³-hybridized carbons (Fsp3) is 0.333. The first kappa shape index (κ1) is 21.0. The lowest BCUT2D eigenvalue weighted by Gasteiger charge is -2.37. The van der Waals surface area contributed by atoms with Crippen LogP contribution in [0.1, 0.15) is 16.7 Å². The third kappa shape index (κ3) is 4.19. The van der Waals surface area contributed by atoms with Crippen molar-refractivity contribution in [1.82, 2.24) is 0 Å². The average molecular weight is 394 g/mol. The lowest BCUT2D eigenvalue weighted by atomic mass is 9.89. The normalized spacial score (nSPS) is 13.0. The van der Waals surface area contributed by atoms with Crippen molar-refractivity contribution < 1.29 is 40.9 Å². The quantitative estimate of drug-likeness (QED) is 0.558. The van der Waals surface area contributed by atoms with E-state index in [4.69, 9.17) is 0 Å². The van der Waals surface area contributed by atoms with E-state index >= 15 is 0 Å². The maximum absolute atomic E-state index is 13.6. The van der Waals surface area contributed by atoms with Gasteiger partial charge < -0.3 is 14.6 Å². The van der Waals surface area contributed by atoms with Crippen LogP contribution in [0.25, 0.3) is 0 Å². The van der Waals surface area contributed by atoms with Gasteiger partial charge in [0.25, 0.3) is 5.60 Å². The van der Waals surface area contributed by atoms with Crippen molar-refractivity contribution in [3.8, 4) is 5.75 Å². The van der Waals surface area contributed by atoms with E-state index in [1.807, 2.05) is 0 Å². The number of alkyl halides is 6. The van der Waals surface area contributed by atoms with Gasteiger partial charge in [-0.1, -0.05) is 36.4 Å². The van der Waals surface area contributed by atoms with Crippen molar-refractivity contribution in [2.45, 2.75) is 24.4 Å². The highest BCUT2D eigenvalue weighted by molar-refractivity contribution is 5.42. The maximum atomic E-state index is 13.6. The van der Waals surface area contributed by atoms with E-state index in [-0.39, 0.29) is 12.0 Å². The molecule has 148 valence electrons. The lowest BCUT2D eigenvalue weighted by Crippen LogP contribution is -2.56. The molecule has 2 aromatic carbocycles. The number of phenols is 1. The molecule has 0 amide bonds. The van der Waals surface area contributed by atoms with Gasteiger partial charge in [-0.2, -0.15) is 26.3 Å². The third-order valence-electron chi connectivity index (χ3n) is 3.92.